The number of carbonyl (C=O) groups excluding carboxylic acids is 1. The lowest BCUT2D eigenvalue weighted by Gasteiger charge is -2.25. The SMILES string of the molecule is C[C@H]1CC(=O)[C@H](O)C1(C)C. The molecule has 0 aliphatic heterocycles. The van der Waals surface area contributed by atoms with Gasteiger partial charge in [-0.2, -0.15) is 0 Å². The van der Waals surface area contributed by atoms with E-state index in [2.05, 4.69) is 0 Å². The highest BCUT2D eigenvalue weighted by Gasteiger charge is 2.45. The van der Waals surface area contributed by atoms with Crippen molar-refractivity contribution in [2.75, 3.05) is 0 Å². The molecule has 1 saturated carbocycles. The predicted molar refractivity (Wildman–Crippen MR) is 38.6 cm³/mol. The average molecular weight is 142 g/mol. The van der Waals surface area contributed by atoms with Gasteiger partial charge >= 0.3 is 0 Å². The summed E-state index contributed by atoms with van der Waals surface area (Å²) in [5, 5.41) is 9.35. The number of ketones is 1. The summed E-state index contributed by atoms with van der Waals surface area (Å²) >= 11 is 0. The molecular weight excluding hydrogens is 128 g/mol. The van der Waals surface area contributed by atoms with Crippen molar-refractivity contribution in [1.82, 2.24) is 0 Å². The molecule has 1 N–H and O–H groups in total. The van der Waals surface area contributed by atoms with Crippen LogP contribution in [-0.2, 0) is 4.79 Å². The fourth-order valence-electron chi connectivity index (χ4n) is 1.36. The Bertz CT molecular complexity index is 161. The molecule has 2 heteroatoms. The Morgan fingerprint density at radius 1 is 1.60 bits per heavy atom. The van der Waals surface area contributed by atoms with E-state index in [9.17, 15) is 9.90 Å². The zero-order valence-corrected chi connectivity index (χ0v) is 6.72. The first-order valence-corrected chi connectivity index (χ1v) is 3.67. The highest BCUT2D eigenvalue weighted by molar-refractivity contribution is 5.86. The van der Waals surface area contributed by atoms with E-state index >= 15 is 0 Å². The normalized spacial score (nSPS) is 38.6. The highest BCUT2D eigenvalue weighted by atomic mass is 16.3. The van der Waals surface area contributed by atoms with E-state index in [0.29, 0.717) is 12.3 Å². The van der Waals surface area contributed by atoms with Crippen molar-refractivity contribution in [3.63, 3.8) is 0 Å². The summed E-state index contributed by atoms with van der Waals surface area (Å²) in [6, 6.07) is 0. The molecular formula is C8H14O2. The molecule has 0 spiro atoms. The lowest BCUT2D eigenvalue weighted by molar-refractivity contribution is -0.126. The molecule has 10 heavy (non-hydrogen) atoms. The van der Waals surface area contributed by atoms with Crippen LogP contribution in [0.2, 0.25) is 0 Å². The van der Waals surface area contributed by atoms with E-state index in [1.54, 1.807) is 0 Å². The topological polar surface area (TPSA) is 37.3 Å². The second-order valence-electron chi connectivity index (χ2n) is 3.80. The minimum Gasteiger partial charge on any atom is -0.385 e. The number of aliphatic hydroxyl groups is 1. The quantitative estimate of drug-likeness (QED) is 0.547. The third kappa shape index (κ3) is 0.870. The molecule has 0 aromatic carbocycles. The summed E-state index contributed by atoms with van der Waals surface area (Å²) in [6.07, 6.45) is -0.198. The largest absolute Gasteiger partial charge is 0.385 e. The average Bonchev–Trinajstić information content (AvgIpc) is 1.97. The van der Waals surface area contributed by atoms with Gasteiger partial charge in [-0.25, -0.2) is 0 Å². The van der Waals surface area contributed by atoms with Crippen molar-refractivity contribution in [3.05, 3.63) is 0 Å². The van der Waals surface area contributed by atoms with Crippen LogP contribution in [0.25, 0.3) is 0 Å². The Balaban J connectivity index is 2.85. The number of aliphatic hydroxyl groups excluding tert-OH is 1. The second-order valence-corrected chi connectivity index (χ2v) is 3.80. The minimum atomic E-state index is -0.734. The maximum Gasteiger partial charge on any atom is 0.162 e. The Kier molecular flexibility index (Phi) is 1.59. The van der Waals surface area contributed by atoms with Crippen molar-refractivity contribution in [3.8, 4) is 0 Å². The van der Waals surface area contributed by atoms with Gasteiger partial charge in [-0.3, -0.25) is 4.79 Å². The first kappa shape index (κ1) is 7.73. The van der Waals surface area contributed by atoms with Crippen LogP contribution in [0.1, 0.15) is 27.2 Å². The van der Waals surface area contributed by atoms with Crippen LogP contribution in [0.3, 0.4) is 0 Å². The van der Waals surface area contributed by atoms with Gasteiger partial charge in [-0.15, -0.1) is 0 Å². The Morgan fingerprint density at radius 2 is 2.10 bits per heavy atom. The van der Waals surface area contributed by atoms with Gasteiger partial charge in [0.15, 0.2) is 5.78 Å². The number of carbonyl (C=O) groups is 1. The Labute approximate surface area is 61.2 Å². The molecule has 0 aromatic heterocycles. The van der Waals surface area contributed by atoms with Gasteiger partial charge in [-0.05, 0) is 5.92 Å². The molecule has 1 fully saturated rings. The molecule has 58 valence electrons. The fraction of sp³-hybridized carbons (Fsp3) is 0.875. The van der Waals surface area contributed by atoms with Crippen LogP contribution < -0.4 is 0 Å². The Hall–Kier alpha value is -0.370. The first-order valence-electron chi connectivity index (χ1n) is 3.67. The summed E-state index contributed by atoms with van der Waals surface area (Å²) in [4.78, 5) is 11.0. The molecule has 0 unspecified atom stereocenters. The Morgan fingerprint density at radius 3 is 2.20 bits per heavy atom. The first-order chi connectivity index (χ1) is 4.46. The maximum absolute atomic E-state index is 11.0. The maximum atomic E-state index is 11.0. The van der Waals surface area contributed by atoms with Gasteiger partial charge in [0.05, 0.1) is 0 Å². The van der Waals surface area contributed by atoms with Crippen molar-refractivity contribution < 1.29 is 9.90 Å². The summed E-state index contributed by atoms with van der Waals surface area (Å²) < 4.78 is 0. The van der Waals surface area contributed by atoms with Crippen molar-refractivity contribution >= 4 is 5.78 Å². The van der Waals surface area contributed by atoms with Crippen LogP contribution in [0.5, 0.6) is 0 Å². The predicted octanol–water partition coefficient (Wildman–Crippen LogP) is 0.982. The van der Waals surface area contributed by atoms with Gasteiger partial charge in [0.1, 0.15) is 6.10 Å². The number of hydrogen-bond donors (Lipinski definition) is 1. The van der Waals surface area contributed by atoms with E-state index in [1.807, 2.05) is 20.8 Å². The standard InChI is InChI=1S/C8H14O2/c1-5-4-6(9)7(10)8(5,2)3/h5,7,10H,4H2,1-3H3/t5-,7-/m0/s1. The van der Waals surface area contributed by atoms with E-state index in [0.717, 1.165) is 0 Å². The molecule has 1 rings (SSSR count). The number of rotatable bonds is 0. The zero-order valence-electron chi connectivity index (χ0n) is 6.72. The van der Waals surface area contributed by atoms with Gasteiger partial charge in [0.2, 0.25) is 0 Å². The molecule has 2 atom stereocenters. The smallest absolute Gasteiger partial charge is 0.162 e. The molecule has 2 nitrogen and oxygen atoms in total. The molecule has 0 radical (unpaired) electrons. The molecule has 1 aliphatic rings. The van der Waals surface area contributed by atoms with Gasteiger partial charge in [-0.1, -0.05) is 20.8 Å². The summed E-state index contributed by atoms with van der Waals surface area (Å²) in [6.45, 7) is 5.88. The van der Waals surface area contributed by atoms with Gasteiger partial charge in [0, 0.05) is 11.8 Å². The van der Waals surface area contributed by atoms with Gasteiger partial charge < -0.3 is 5.11 Å². The molecule has 0 amide bonds. The van der Waals surface area contributed by atoms with E-state index in [4.69, 9.17) is 0 Å². The summed E-state index contributed by atoms with van der Waals surface area (Å²) in [7, 11) is 0. The van der Waals surface area contributed by atoms with E-state index in [1.165, 1.54) is 0 Å². The van der Waals surface area contributed by atoms with Crippen LogP contribution in [-0.4, -0.2) is 17.0 Å². The molecule has 0 bridgehead atoms. The van der Waals surface area contributed by atoms with Crippen molar-refractivity contribution in [2.45, 2.75) is 33.3 Å². The summed E-state index contributed by atoms with van der Waals surface area (Å²) in [5.41, 5.74) is -0.211. The number of hydrogen-bond acceptors (Lipinski definition) is 2. The summed E-state index contributed by atoms with van der Waals surface area (Å²) in [5.74, 6) is 0.313. The lowest BCUT2D eigenvalue weighted by atomic mass is 9.82. The monoisotopic (exact) mass is 142 g/mol. The minimum absolute atomic E-state index is 0.00231. The van der Waals surface area contributed by atoms with Crippen LogP contribution in [0, 0.1) is 11.3 Å². The molecule has 0 heterocycles. The lowest BCUT2D eigenvalue weighted by Crippen LogP contribution is -2.30. The zero-order chi connectivity index (χ0) is 7.94. The van der Waals surface area contributed by atoms with E-state index in [-0.39, 0.29) is 11.2 Å². The third-order valence-electron chi connectivity index (χ3n) is 2.79. The molecule has 0 aromatic rings. The highest BCUT2D eigenvalue weighted by Crippen LogP contribution is 2.40. The van der Waals surface area contributed by atoms with E-state index < -0.39 is 6.10 Å². The third-order valence-corrected chi connectivity index (χ3v) is 2.79. The number of Topliss-reactive ketones (excluding diaryl/α,β-unsaturated/α-hetero) is 1. The van der Waals surface area contributed by atoms with Crippen molar-refractivity contribution in [1.29, 1.82) is 0 Å². The fourth-order valence-corrected chi connectivity index (χ4v) is 1.36. The van der Waals surface area contributed by atoms with Crippen LogP contribution in [0.15, 0.2) is 0 Å². The van der Waals surface area contributed by atoms with Gasteiger partial charge in [0.25, 0.3) is 0 Å². The van der Waals surface area contributed by atoms with Crippen LogP contribution in [0.4, 0.5) is 0 Å². The van der Waals surface area contributed by atoms with Crippen molar-refractivity contribution in [2.24, 2.45) is 11.3 Å². The molecule has 0 saturated heterocycles. The second kappa shape index (κ2) is 2.06. The molecule has 1 aliphatic carbocycles. The van der Waals surface area contributed by atoms with Crippen LogP contribution >= 0.6 is 0 Å².